The van der Waals surface area contributed by atoms with Gasteiger partial charge in [0.15, 0.2) is 0 Å². The third-order valence-corrected chi connectivity index (χ3v) is 1.67. The maximum absolute atomic E-state index is 10.4. The highest BCUT2D eigenvalue weighted by Crippen LogP contribution is 2.07. The van der Waals surface area contributed by atoms with Gasteiger partial charge in [-0.05, 0) is 12.0 Å². The molecule has 1 aliphatic heterocycles. The Morgan fingerprint density at radius 2 is 2.45 bits per heavy atom. The summed E-state index contributed by atoms with van der Waals surface area (Å²) in [4.78, 5) is 21.8. The zero-order chi connectivity index (χ0) is 8.27. The van der Waals surface area contributed by atoms with E-state index in [1.807, 2.05) is 0 Å². The fraction of sp³-hybridized carbons (Fsp3) is 0.429. The maximum Gasteiger partial charge on any atom is 0.407 e. The summed E-state index contributed by atoms with van der Waals surface area (Å²) in [6.07, 6.45) is 2.03. The van der Waals surface area contributed by atoms with E-state index in [0.717, 1.165) is 6.29 Å². The molecule has 0 saturated heterocycles. The number of aldehydes is 1. The van der Waals surface area contributed by atoms with Gasteiger partial charge in [-0.1, -0.05) is 6.08 Å². The Morgan fingerprint density at radius 3 is 2.82 bits per heavy atom. The van der Waals surface area contributed by atoms with Crippen LogP contribution in [0.4, 0.5) is 4.79 Å². The van der Waals surface area contributed by atoms with E-state index in [1.54, 1.807) is 6.08 Å². The summed E-state index contributed by atoms with van der Waals surface area (Å²) in [5.74, 6) is 0. The molecule has 1 aliphatic rings. The topological polar surface area (TPSA) is 57.6 Å². The van der Waals surface area contributed by atoms with Crippen molar-refractivity contribution in [2.45, 2.75) is 6.42 Å². The lowest BCUT2D eigenvalue weighted by molar-refractivity contribution is -0.105. The number of nitrogens with zero attached hydrogens (tertiary/aromatic N) is 1. The highest BCUT2D eigenvalue weighted by atomic mass is 16.4. The quantitative estimate of drug-likeness (QED) is 0.561. The van der Waals surface area contributed by atoms with Crippen molar-refractivity contribution in [2.75, 3.05) is 13.1 Å². The van der Waals surface area contributed by atoms with Crippen molar-refractivity contribution >= 4 is 12.4 Å². The third-order valence-electron chi connectivity index (χ3n) is 1.67. The van der Waals surface area contributed by atoms with Gasteiger partial charge in [-0.15, -0.1) is 0 Å². The van der Waals surface area contributed by atoms with E-state index in [4.69, 9.17) is 5.11 Å². The van der Waals surface area contributed by atoms with E-state index >= 15 is 0 Å². The fourth-order valence-corrected chi connectivity index (χ4v) is 0.966. The molecule has 1 heterocycles. The molecule has 11 heavy (non-hydrogen) atoms. The first-order valence-corrected chi connectivity index (χ1v) is 3.36. The second-order valence-corrected chi connectivity index (χ2v) is 2.38. The smallest absolute Gasteiger partial charge is 0.407 e. The van der Waals surface area contributed by atoms with E-state index in [9.17, 15) is 9.59 Å². The van der Waals surface area contributed by atoms with Gasteiger partial charge in [-0.3, -0.25) is 4.79 Å². The molecule has 0 bridgehead atoms. The van der Waals surface area contributed by atoms with Crippen molar-refractivity contribution in [3.63, 3.8) is 0 Å². The van der Waals surface area contributed by atoms with Gasteiger partial charge in [0.1, 0.15) is 6.29 Å². The van der Waals surface area contributed by atoms with E-state index in [-0.39, 0.29) is 0 Å². The van der Waals surface area contributed by atoms with Gasteiger partial charge >= 0.3 is 6.09 Å². The van der Waals surface area contributed by atoms with Gasteiger partial charge in [0.25, 0.3) is 0 Å². The van der Waals surface area contributed by atoms with Crippen LogP contribution in [0.2, 0.25) is 0 Å². The molecule has 0 atom stereocenters. The van der Waals surface area contributed by atoms with Crippen molar-refractivity contribution in [3.8, 4) is 0 Å². The summed E-state index contributed by atoms with van der Waals surface area (Å²) in [5, 5.41) is 8.51. The molecule has 60 valence electrons. The number of carbonyl (C=O) groups is 2. The van der Waals surface area contributed by atoms with Crippen LogP contribution in [0.5, 0.6) is 0 Å². The Morgan fingerprint density at radius 1 is 1.73 bits per heavy atom. The van der Waals surface area contributed by atoms with Crippen molar-refractivity contribution in [1.29, 1.82) is 0 Å². The minimum absolute atomic E-state index is 0.337. The SMILES string of the molecule is O=CC1=CCN(C(=O)O)CC1. The second kappa shape index (κ2) is 3.18. The summed E-state index contributed by atoms with van der Waals surface area (Å²) in [6.45, 7) is 0.767. The average Bonchev–Trinajstić information content (AvgIpc) is 2.05. The Bertz CT molecular complexity index is 210. The molecule has 1 N–H and O–H groups in total. The molecule has 0 unspecified atom stereocenters. The zero-order valence-electron chi connectivity index (χ0n) is 5.99. The molecule has 0 fully saturated rings. The lowest BCUT2D eigenvalue weighted by Gasteiger charge is -2.21. The normalized spacial score (nSPS) is 17.5. The lowest BCUT2D eigenvalue weighted by atomic mass is 10.1. The summed E-state index contributed by atoms with van der Waals surface area (Å²) < 4.78 is 0. The number of carbonyl (C=O) groups excluding carboxylic acids is 1. The summed E-state index contributed by atoms with van der Waals surface area (Å²) in [6, 6.07) is 0. The predicted molar refractivity (Wildman–Crippen MR) is 38.4 cm³/mol. The van der Waals surface area contributed by atoms with Crippen LogP contribution in [-0.4, -0.2) is 35.5 Å². The number of rotatable bonds is 1. The third kappa shape index (κ3) is 1.80. The molecule has 1 rings (SSSR count). The molecule has 0 aromatic carbocycles. The Balaban J connectivity index is 2.54. The van der Waals surface area contributed by atoms with Gasteiger partial charge in [-0.25, -0.2) is 4.79 Å². The molecule has 1 amide bonds. The first-order chi connectivity index (χ1) is 5.24. The Hall–Kier alpha value is -1.32. The monoisotopic (exact) mass is 155 g/mol. The molecule has 0 aromatic rings. The highest BCUT2D eigenvalue weighted by Gasteiger charge is 2.14. The van der Waals surface area contributed by atoms with Gasteiger partial charge in [0, 0.05) is 13.1 Å². The Labute approximate surface area is 64.1 Å². The van der Waals surface area contributed by atoms with Crippen LogP contribution in [0.1, 0.15) is 6.42 Å². The summed E-state index contributed by atoms with van der Waals surface area (Å²) >= 11 is 0. The van der Waals surface area contributed by atoms with Crippen LogP contribution in [0.3, 0.4) is 0 Å². The molecule has 4 heteroatoms. The van der Waals surface area contributed by atoms with E-state index in [2.05, 4.69) is 0 Å². The maximum atomic E-state index is 10.4. The van der Waals surface area contributed by atoms with Gasteiger partial charge in [0.2, 0.25) is 0 Å². The van der Waals surface area contributed by atoms with Crippen molar-refractivity contribution in [3.05, 3.63) is 11.6 Å². The van der Waals surface area contributed by atoms with Gasteiger partial charge in [0.05, 0.1) is 0 Å². The molecule has 0 aromatic heterocycles. The van der Waals surface area contributed by atoms with E-state index in [0.29, 0.717) is 25.1 Å². The molecule has 0 aliphatic carbocycles. The van der Waals surface area contributed by atoms with Crippen LogP contribution in [0, 0.1) is 0 Å². The molecule has 0 radical (unpaired) electrons. The molecule has 0 spiro atoms. The highest BCUT2D eigenvalue weighted by molar-refractivity contribution is 5.74. The molecule has 4 nitrogen and oxygen atoms in total. The fourth-order valence-electron chi connectivity index (χ4n) is 0.966. The van der Waals surface area contributed by atoms with Crippen LogP contribution in [0.25, 0.3) is 0 Å². The van der Waals surface area contributed by atoms with Gasteiger partial charge in [-0.2, -0.15) is 0 Å². The van der Waals surface area contributed by atoms with Crippen molar-refractivity contribution in [1.82, 2.24) is 4.90 Å². The van der Waals surface area contributed by atoms with Gasteiger partial charge < -0.3 is 10.0 Å². The molecular formula is C7H9NO3. The summed E-state index contributed by atoms with van der Waals surface area (Å²) in [5.41, 5.74) is 0.697. The van der Waals surface area contributed by atoms with Crippen LogP contribution < -0.4 is 0 Å². The first-order valence-electron chi connectivity index (χ1n) is 3.36. The number of hydrogen-bond acceptors (Lipinski definition) is 2. The standard InChI is InChI=1S/C7H9NO3/c9-5-6-1-3-8(4-2-6)7(10)11/h1,5H,2-4H2,(H,10,11). The minimum Gasteiger partial charge on any atom is -0.465 e. The zero-order valence-corrected chi connectivity index (χ0v) is 5.99. The number of carboxylic acid groups (broad SMARTS) is 1. The van der Waals surface area contributed by atoms with Crippen LogP contribution in [0.15, 0.2) is 11.6 Å². The minimum atomic E-state index is -0.925. The number of amides is 1. The average molecular weight is 155 g/mol. The molecular weight excluding hydrogens is 146 g/mol. The molecule has 0 saturated carbocycles. The van der Waals surface area contributed by atoms with Crippen molar-refractivity contribution < 1.29 is 14.7 Å². The summed E-state index contributed by atoms with van der Waals surface area (Å²) in [7, 11) is 0. The predicted octanol–water partition coefficient (Wildman–Crippen LogP) is 0.495. The van der Waals surface area contributed by atoms with Crippen LogP contribution >= 0.6 is 0 Å². The Kier molecular flexibility index (Phi) is 2.25. The van der Waals surface area contributed by atoms with Crippen molar-refractivity contribution in [2.24, 2.45) is 0 Å². The van der Waals surface area contributed by atoms with E-state index < -0.39 is 6.09 Å². The first kappa shape index (κ1) is 7.78. The number of hydrogen-bond donors (Lipinski definition) is 1. The second-order valence-electron chi connectivity index (χ2n) is 2.38. The lowest BCUT2D eigenvalue weighted by Crippen LogP contribution is -2.33. The van der Waals surface area contributed by atoms with E-state index in [1.165, 1.54) is 4.90 Å². The van der Waals surface area contributed by atoms with Crippen LogP contribution in [-0.2, 0) is 4.79 Å². The largest absolute Gasteiger partial charge is 0.465 e.